The summed E-state index contributed by atoms with van der Waals surface area (Å²) in [4.78, 5) is 26.5. The molecule has 2 amide bonds. The van der Waals surface area contributed by atoms with Gasteiger partial charge in [0.2, 0.25) is 10.9 Å². The summed E-state index contributed by atoms with van der Waals surface area (Å²) in [7, 11) is 1.83. The zero-order chi connectivity index (χ0) is 20.8. The largest absolute Gasteiger partial charge is 0.324 e. The van der Waals surface area contributed by atoms with Crippen LogP contribution in [0.1, 0.15) is 25.9 Å². The summed E-state index contributed by atoms with van der Waals surface area (Å²) < 4.78 is 0. The summed E-state index contributed by atoms with van der Waals surface area (Å²) in [6.45, 7) is 4.57. The van der Waals surface area contributed by atoms with Crippen LogP contribution in [0.2, 0.25) is 0 Å². The maximum absolute atomic E-state index is 12.4. The highest BCUT2D eigenvalue weighted by atomic mass is 32.1. The highest BCUT2D eigenvalue weighted by Crippen LogP contribution is 2.19. The number of rotatable bonds is 7. The van der Waals surface area contributed by atoms with Crippen LogP contribution in [-0.2, 0) is 11.3 Å². The Kier molecular flexibility index (Phi) is 6.69. The van der Waals surface area contributed by atoms with Gasteiger partial charge in [-0.3, -0.25) is 14.5 Å². The minimum Gasteiger partial charge on any atom is -0.324 e. The Morgan fingerprint density at radius 2 is 1.66 bits per heavy atom. The van der Waals surface area contributed by atoms with Crippen LogP contribution >= 0.6 is 11.3 Å². The summed E-state index contributed by atoms with van der Waals surface area (Å²) >= 11 is 1.22. The number of hydrogen-bond donors (Lipinski definition) is 2. The molecule has 2 aromatic carbocycles. The first-order valence-corrected chi connectivity index (χ1v) is 9.97. The number of aryl methyl sites for hydroxylation is 2. The predicted molar refractivity (Wildman–Crippen MR) is 115 cm³/mol. The third-order valence-electron chi connectivity index (χ3n) is 4.26. The molecular formula is C21H23N5O2S. The van der Waals surface area contributed by atoms with Gasteiger partial charge < -0.3 is 10.6 Å². The Bertz CT molecular complexity index is 983. The van der Waals surface area contributed by atoms with E-state index in [1.165, 1.54) is 11.3 Å². The molecule has 0 saturated carbocycles. The minimum absolute atomic E-state index is 0.101. The van der Waals surface area contributed by atoms with Crippen LogP contribution in [0.3, 0.4) is 0 Å². The lowest BCUT2D eigenvalue weighted by molar-refractivity contribution is -0.117. The molecule has 29 heavy (non-hydrogen) atoms. The van der Waals surface area contributed by atoms with E-state index in [4.69, 9.17) is 0 Å². The summed E-state index contributed by atoms with van der Waals surface area (Å²) in [5, 5.41) is 14.8. The number of para-hydroxylation sites is 2. The van der Waals surface area contributed by atoms with Crippen LogP contribution in [0.4, 0.5) is 11.4 Å². The van der Waals surface area contributed by atoms with Crippen LogP contribution in [-0.4, -0.2) is 40.5 Å². The lowest BCUT2D eigenvalue weighted by atomic mass is 10.1. The van der Waals surface area contributed by atoms with Crippen LogP contribution in [0.25, 0.3) is 0 Å². The zero-order valence-corrected chi connectivity index (χ0v) is 17.4. The van der Waals surface area contributed by atoms with Crippen molar-refractivity contribution in [2.24, 2.45) is 0 Å². The Labute approximate surface area is 173 Å². The van der Waals surface area contributed by atoms with Gasteiger partial charge in [0.25, 0.3) is 5.91 Å². The minimum atomic E-state index is -0.296. The van der Waals surface area contributed by atoms with E-state index in [-0.39, 0.29) is 23.4 Å². The van der Waals surface area contributed by atoms with Gasteiger partial charge in [-0.25, -0.2) is 0 Å². The van der Waals surface area contributed by atoms with Gasteiger partial charge in [-0.1, -0.05) is 47.7 Å². The quantitative estimate of drug-likeness (QED) is 0.624. The number of anilines is 2. The molecule has 0 radical (unpaired) electrons. The SMILES string of the molecule is Cc1cccc(C)c1NC(=O)CN(C)Cc1nnc(C(=O)Nc2ccccc2)s1. The van der Waals surface area contributed by atoms with Gasteiger partial charge in [0.05, 0.1) is 13.1 Å². The second-order valence-corrected chi connectivity index (χ2v) is 7.87. The standard InChI is InChI=1S/C21H23N5O2S/c1-14-8-7-9-15(2)19(14)23-17(27)12-26(3)13-18-24-25-21(29-18)20(28)22-16-10-5-4-6-11-16/h4-11H,12-13H2,1-3H3,(H,22,28)(H,23,27). The van der Waals surface area contributed by atoms with E-state index in [0.717, 1.165) is 16.8 Å². The molecule has 0 saturated heterocycles. The fourth-order valence-corrected chi connectivity index (χ4v) is 3.65. The Hall–Kier alpha value is -3.10. The van der Waals surface area contributed by atoms with Crippen LogP contribution in [0.5, 0.6) is 0 Å². The number of nitrogens with zero attached hydrogens (tertiary/aromatic N) is 3. The van der Waals surface area contributed by atoms with Crippen molar-refractivity contribution in [1.82, 2.24) is 15.1 Å². The molecule has 1 heterocycles. The van der Waals surface area contributed by atoms with Gasteiger partial charge in [-0.2, -0.15) is 0 Å². The van der Waals surface area contributed by atoms with Crippen molar-refractivity contribution < 1.29 is 9.59 Å². The molecule has 3 aromatic rings. The topological polar surface area (TPSA) is 87.2 Å². The number of likely N-dealkylation sites (N-methyl/N-ethyl adjacent to an activating group) is 1. The number of carbonyl (C=O) groups excluding carboxylic acids is 2. The maximum Gasteiger partial charge on any atom is 0.286 e. The maximum atomic E-state index is 12.4. The van der Waals surface area contributed by atoms with Gasteiger partial charge >= 0.3 is 0 Å². The molecule has 0 spiro atoms. The number of hydrogen-bond acceptors (Lipinski definition) is 6. The average Bonchev–Trinajstić information content (AvgIpc) is 3.14. The summed E-state index contributed by atoms with van der Waals surface area (Å²) in [5.74, 6) is -0.396. The zero-order valence-electron chi connectivity index (χ0n) is 16.6. The summed E-state index contributed by atoms with van der Waals surface area (Å²) in [5.41, 5.74) is 3.61. The molecule has 0 fully saturated rings. The van der Waals surface area contributed by atoms with Gasteiger partial charge in [0, 0.05) is 11.4 Å². The number of benzene rings is 2. The van der Waals surface area contributed by atoms with E-state index >= 15 is 0 Å². The third-order valence-corrected chi connectivity index (χ3v) is 5.16. The predicted octanol–water partition coefficient (Wildman–Crippen LogP) is 3.48. The van der Waals surface area contributed by atoms with Crippen molar-refractivity contribution in [2.45, 2.75) is 20.4 Å². The van der Waals surface area contributed by atoms with Crippen molar-refractivity contribution in [1.29, 1.82) is 0 Å². The van der Waals surface area contributed by atoms with Crippen LogP contribution in [0, 0.1) is 13.8 Å². The highest BCUT2D eigenvalue weighted by Gasteiger charge is 2.16. The fourth-order valence-electron chi connectivity index (χ4n) is 2.84. The molecule has 8 heteroatoms. The number of aromatic nitrogens is 2. The smallest absolute Gasteiger partial charge is 0.286 e. The average molecular weight is 410 g/mol. The summed E-state index contributed by atoms with van der Waals surface area (Å²) in [6.07, 6.45) is 0. The molecule has 0 aliphatic carbocycles. The highest BCUT2D eigenvalue weighted by molar-refractivity contribution is 7.13. The van der Waals surface area contributed by atoms with Crippen molar-refractivity contribution in [2.75, 3.05) is 24.2 Å². The van der Waals surface area contributed by atoms with Gasteiger partial charge in [0.1, 0.15) is 5.01 Å². The van der Waals surface area contributed by atoms with Crippen molar-refractivity contribution in [3.63, 3.8) is 0 Å². The van der Waals surface area contributed by atoms with E-state index in [2.05, 4.69) is 20.8 Å². The molecular weight excluding hydrogens is 386 g/mol. The van der Waals surface area contributed by atoms with E-state index in [1.807, 2.05) is 74.3 Å². The fraction of sp³-hybridized carbons (Fsp3) is 0.238. The van der Waals surface area contributed by atoms with Crippen LogP contribution < -0.4 is 10.6 Å². The molecule has 0 aliphatic rings. The Morgan fingerprint density at radius 1 is 0.966 bits per heavy atom. The molecule has 0 bridgehead atoms. The number of nitrogens with one attached hydrogen (secondary N) is 2. The molecule has 150 valence electrons. The Morgan fingerprint density at radius 3 is 2.34 bits per heavy atom. The van der Waals surface area contributed by atoms with Crippen molar-refractivity contribution >= 4 is 34.5 Å². The third kappa shape index (κ3) is 5.69. The van der Waals surface area contributed by atoms with E-state index < -0.39 is 0 Å². The lowest BCUT2D eigenvalue weighted by Crippen LogP contribution is -2.30. The molecule has 0 aliphatic heterocycles. The number of amides is 2. The second kappa shape index (κ2) is 9.40. The molecule has 1 aromatic heterocycles. The second-order valence-electron chi connectivity index (χ2n) is 6.81. The molecule has 2 N–H and O–H groups in total. The lowest BCUT2D eigenvalue weighted by Gasteiger charge is -2.16. The van der Waals surface area contributed by atoms with E-state index in [9.17, 15) is 9.59 Å². The first kappa shape index (κ1) is 20.6. The van der Waals surface area contributed by atoms with E-state index in [0.29, 0.717) is 17.2 Å². The normalized spacial score (nSPS) is 10.8. The molecule has 3 rings (SSSR count). The van der Waals surface area contributed by atoms with E-state index in [1.54, 1.807) is 0 Å². The molecule has 0 unspecified atom stereocenters. The first-order valence-electron chi connectivity index (χ1n) is 9.16. The monoisotopic (exact) mass is 409 g/mol. The van der Waals surface area contributed by atoms with Gasteiger partial charge in [-0.15, -0.1) is 10.2 Å². The van der Waals surface area contributed by atoms with Crippen molar-refractivity contribution in [3.05, 3.63) is 69.7 Å². The van der Waals surface area contributed by atoms with Crippen LogP contribution in [0.15, 0.2) is 48.5 Å². The molecule has 7 nitrogen and oxygen atoms in total. The summed E-state index contributed by atoms with van der Waals surface area (Å²) in [6, 6.07) is 15.1. The van der Waals surface area contributed by atoms with Gasteiger partial charge in [-0.05, 0) is 44.2 Å². The Balaban J connectivity index is 1.54. The van der Waals surface area contributed by atoms with Gasteiger partial charge in [0.15, 0.2) is 0 Å². The molecule has 0 atom stereocenters. The first-order chi connectivity index (χ1) is 13.9. The number of carbonyl (C=O) groups is 2. The van der Waals surface area contributed by atoms with Crippen molar-refractivity contribution in [3.8, 4) is 0 Å².